The van der Waals surface area contributed by atoms with Crippen molar-refractivity contribution in [2.45, 2.75) is 19.3 Å². The van der Waals surface area contributed by atoms with E-state index in [1.807, 2.05) is 0 Å². The van der Waals surface area contributed by atoms with Crippen LogP contribution < -0.4 is 10.2 Å². The average Bonchev–Trinajstić information content (AvgIpc) is 2.58. The first kappa shape index (κ1) is 14.7. The molecule has 0 unspecified atom stereocenters. The number of hydrogen-bond donors (Lipinski definition) is 1. The Balaban J connectivity index is 1.75. The van der Waals surface area contributed by atoms with E-state index in [0.29, 0.717) is 5.95 Å². The maximum Gasteiger partial charge on any atom is 0.244 e. The number of anilines is 3. The van der Waals surface area contributed by atoms with Crippen LogP contribution in [-0.4, -0.2) is 42.0 Å². The largest absolute Gasteiger partial charge is 0.385 e. The monoisotopic (exact) mass is 299 g/mol. The van der Waals surface area contributed by atoms with Crippen LogP contribution in [0.2, 0.25) is 0 Å². The van der Waals surface area contributed by atoms with Crippen LogP contribution in [0, 0.1) is 0 Å². The summed E-state index contributed by atoms with van der Waals surface area (Å²) in [5, 5.41) is 11.3. The number of hydrogen-bond acceptors (Lipinski definition) is 6. The minimum Gasteiger partial charge on any atom is -0.385 e. The van der Waals surface area contributed by atoms with Gasteiger partial charge in [0, 0.05) is 32.5 Å². The van der Waals surface area contributed by atoms with Crippen molar-refractivity contribution < 1.29 is 4.74 Å². The van der Waals surface area contributed by atoms with E-state index in [4.69, 9.17) is 4.74 Å². The minimum absolute atomic E-state index is 0.566. The lowest BCUT2D eigenvalue weighted by Gasteiger charge is -2.30. The molecule has 1 N–H and O–H groups in total. The molecule has 1 aromatic carbocycles. The molecule has 22 heavy (non-hydrogen) atoms. The first-order valence-electron chi connectivity index (χ1n) is 7.66. The van der Waals surface area contributed by atoms with Gasteiger partial charge in [-0.25, -0.2) is 0 Å². The Morgan fingerprint density at radius 2 is 2.23 bits per heavy atom. The summed E-state index contributed by atoms with van der Waals surface area (Å²) in [6.45, 7) is 2.45. The van der Waals surface area contributed by atoms with Crippen LogP contribution >= 0.6 is 0 Å². The summed E-state index contributed by atoms with van der Waals surface area (Å²) in [7, 11) is 1.70. The molecule has 2 aromatic rings. The quantitative estimate of drug-likeness (QED) is 0.826. The Labute approximate surface area is 130 Å². The second-order valence-corrected chi connectivity index (χ2v) is 5.30. The number of ether oxygens (including phenoxy) is 1. The summed E-state index contributed by atoms with van der Waals surface area (Å²) >= 11 is 0. The highest BCUT2D eigenvalue weighted by Crippen LogP contribution is 2.31. The molecule has 2 heterocycles. The van der Waals surface area contributed by atoms with Crippen LogP contribution in [0.3, 0.4) is 0 Å². The van der Waals surface area contributed by atoms with Gasteiger partial charge in [0.15, 0.2) is 5.82 Å². The number of nitrogens with one attached hydrogen (secondary N) is 1. The van der Waals surface area contributed by atoms with E-state index in [-0.39, 0.29) is 0 Å². The third-order valence-corrected chi connectivity index (χ3v) is 3.74. The highest BCUT2D eigenvalue weighted by atomic mass is 16.5. The van der Waals surface area contributed by atoms with Gasteiger partial charge in [0.1, 0.15) is 0 Å². The van der Waals surface area contributed by atoms with Gasteiger partial charge in [-0.15, -0.1) is 5.10 Å². The summed E-state index contributed by atoms with van der Waals surface area (Å²) in [5.41, 5.74) is 2.58. The number of rotatable bonds is 6. The lowest BCUT2D eigenvalue weighted by molar-refractivity contribution is 0.197. The Hall–Kier alpha value is -2.21. The molecule has 0 spiro atoms. The zero-order valence-corrected chi connectivity index (χ0v) is 12.8. The molecule has 0 saturated carbocycles. The lowest BCUT2D eigenvalue weighted by Crippen LogP contribution is -2.26. The van der Waals surface area contributed by atoms with Crippen LogP contribution in [0.1, 0.15) is 18.4 Å². The Morgan fingerprint density at radius 3 is 3.14 bits per heavy atom. The van der Waals surface area contributed by atoms with E-state index >= 15 is 0 Å². The van der Waals surface area contributed by atoms with Crippen molar-refractivity contribution in [2.24, 2.45) is 0 Å². The predicted octanol–water partition coefficient (Wildman–Crippen LogP) is 2.40. The number of para-hydroxylation sites is 1. The maximum atomic E-state index is 5.03. The van der Waals surface area contributed by atoms with Gasteiger partial charge < -0.3 is 15.0 Å². The molecule has 0 aliphatic carbocycles. The molecule has 116 valence electrons. The fourth-order valence-corrected chi connectivity index (χ4v) is 2.69. The Morgan fingerprint density at radius 1 is 1.32 bits per heavy atom. The maximum absolute atomic E-state index is 5.03. The molecule has 3 rings (SSSR count). The van der Waals surface area contributed by atoms with Crippen LogP contribution in [0.5, 0.6) is 0 Å². The number of benzene rings is 1. The van der Waals surface area contributed by atoms with E-state index in [0.717, 1.165) is 44.8 Å². The van der Waals surface area contributed by atoms with Crippen molar-refractivity contribution >= 4 is 17.5 Å². The van der Waals surface area contributed by atoms with Crippen molar-refractivity contribution in [2.75, 3.05) is 37.0 Å². The molecule has 0 saturated heterocycles. The molecule has 0 radical (unpaired) electrons. The third-order valence-electron chi connectivity index (χ3n) is 3.74. The normalized spacial score (nSPS) is 13.8. The summed E-state index contributed by atoms with van der Waals surface area (Å²) < 4.78 is 5.03. The SMILES string of the molecule is COCCCNc1nncc(N2CCCc3ccccc32)n1. The Bertz CT molecular complexity index is 619. The predicted molar refractivity (Wildman–Crippen MR) is 86.6 cm³/mol. The van der Waals surface area contributed by atoms with Crippen molar-refractivity contribution in [3.8, 4) is 0 Å². The second-order valence-electron chi connectivity index (χ2n) is 5.30. The summed E-state index contributed by atoms with van der Waals surface area (Å²) in [6, 6.07) is 8.47. The van der Waals surface area contributed by atoms with Gasteiger partial charge in [0.05, 0.1) is 6.20 Å². The molecule has 1 aliphatic heterocycles. The molecule has 6 heteroatoms. The fourth-order valence-electron chi connectivity index (χ4n) is 2.69. The molecule has 0 amide bonds. The Kier molecular flexibility index (Phi) is 4.80. The van der Waals surface area contributed by atoms with Gasteiger partial charge in [0.2, 0.25) is 5.95 Å². The van der Waals surface area contributed by atoms with E-state index < -0.39 is 0 Å². The number of aryl methyl sites for hydroxylation is 1. The molecule has 1 aromatic heterocycles. The van der Waals surface area contributed by atoms with E-state index in [1.165, 1.54) is 11.3 Å². The van der Waals surface area contributed by atoms with Gasteiger partial charge in [-0.3, -0.25) is 0 Å². The summed E-state index contributed by atoms with van der Waals surface area (Å²) in [5.74, 6) is 1.41. The number of aromatic nitrogens is 3. The van der Waals surface area contributed by atoms with Crippen LogP contribution in [-0.2, 0) is 11.2 Å². The van der Waals surface area contributed by atoms with Crippen LogP contribution in [0.4, 0.5) is 17.5 Å². The molecular weight excluding hydrogens is 278 g/mol. The van der Waals surface area contributed by atoms with Gasteiger partial charge in [-0.1, -0.05) is 18.2 Å². The molecule has 0 bridgehead atoms. The summed E-state index contributed by atoms with van der Waals surface area (Å²) in [4.78, 5) is 6.81. The zero-order chi connectivity index (χ0) is 15.2. The molecule has 0 fully saturated rings. The van der Waals surface area contributed by atoms with Gasteiger partial charge >= 0.3 is 0 Å². The van der Waals surface area contributed by atoms with E-state index in [1.54, 1.807) is 13.3 Å². The second kappa shape index (κ2) is 7.17. The van der Waals surface area contributed by atoms with Gasteiger partial charge in [-0.05, 0) is 30.9 Å². The van der Waals surface area contributed by atoms with Gasteiger partial charge in [0.25, 0.3) is 0 Å². The van der Waals surface area contributed by atoms with E-state index in [2.05, 4.69) is 49.7 Å². The molecule has 0 atom stereocenters. The third kappa shape index (κ3) is 3.33. The average molecular weight is 299 g/mol. The van der Waals surface area contributed by atoms with Crippen molar-refractivity contribution in [3.05, 3.63) is 36.0 Å². The van der Waals surface area contributed by atoms with Crippen molar-refractivity contribution in [3.63, 3.8) is 0 Å². The van der Waals surface area contributed by atoms with Gasteiger partial charge in [-0.2, -0.15) is 10.1 Å². The molecule has 6 nitrogen and oxygen atoms in total. The lowest BCUT2D eigenvalue weighted by atomic mass is 10.0. The highest BCUT2D eigenvalue weighted by molar-refractivity contribution is 5.65. The van der Waals surface area contributed by atoms with Crippen molar-refractivity contribution in [1.29, 1.82) is 0 Å². The first-order valence-corrected chi connectivity index (χ1v) is 7.66. The standard InChI is InChI=1S/C16H21N5O/c1-22-11-5-9-17-16-19-15(12-18-20-16)21-10-4-7-13-6-2-3-8-14(13)21/h2-3,6,8,12H,4-5,7,9-11H2,1H3,(H,17,19,20). The van der Waals surface area contributed by atoms with Crippen LogP contribution in [0.25, 0.3) is 0 Å². The minimum atomic E-state index is 0.566. The van der Waals surface area contributed by atoms with Crippen molar-refractivity contribution in [1.82, 2.24) is 15.2 Å². The fraction of sp³-hybridized carbons (Fsp3) is 0.438. The number of nitrogens with zero attached hydrogens (tertiary/aromatic N) is 4. The summed E-state index contributed by atoms with van der Waals surface area (Å²) in [6.07, 6.45) is 4.88. The molecule has 1 aliphatic rings. The highest BCUT2D eigenvalue weighted by Gasteiger charge is 2.19. The smallest absolute Gasteiger partial charge is 0.244 e. The first-order chi connectivity index (χ1) is 10.9. The molecular formula is C16H21N5O. The number of methoxy groups -OCH3 is 1. The van der Waals surface area contributed by atoms with Crippen LogP contribution in [0.15, 0.2) is 30.5 Å². The topological polar surface area (TPSA) is 63.2 Å². The van der Waals surface area contributed by atoms with E-state index in [9.17, 15) is 0 Å². The number of fused-ring (bicyclic) bond motifs is 1. The zero-order valence-electron chi connectivity index (χ0n) is 12.8.